The zero-order valence-electron chi connectivity index (χ0n) is 16.0. The van der Waals surface area contributed by atoms with Crippen molar-refractivity contribution in [3.05, 3.63) is 54.2 Å². The van der Waals surface area contributed by atoms with E-state index in [4.69, 9.17) is 0 Å². The van der Waals surface area contributed by atoms with E-state index in [0.29, 0.717) is 11.8 Å². The summed E-state index contributed by atoms with van der Waals surface area (Å²) in [5, 5.41) is 1.31. The van der Waals surface area contributed by atoms with Gasteiger partial charge in [-0.05, 0) is 36.8 Å². The number of fused-ring (bicyclic) bond motifs is 3. The van der Waals surface area contributed by atoms with Crippen LogP contribution in [0.1, 0.15) is 44.0 Å². The van der Waals surface area contributed by atoms with E-state index in [9.17, 15) is 4.79 Å². The molecular weight excluding hydrogens is 336 g/mol. The van der Waals surface area contributed by atoms with Gasteiger partial charge in [0, 0.05) is 42.1 Å². The predicted molar refractivity (Wildman–Crippen MR) is 105 cm³/mol. The molecule has 5 heteroatoms. The summed E-state index contributed by atoms with van der Waals surface area (Å²) in [6.45, 7) is 6.00. The van der Waals surface area contributed by atoms with Crippen LogP contribution in [-0.2, 0) is 17.8 Å². The Morgan fingerprint density at radius 3 is 2.85 bits per heavy atom. The number of carbonyl (C=O) groups is 1. The van der Waals surface area contributed by atoms with Gasteiger partial charge in [-0.3, -0.25) is 4.79 Å². The lowest BCUT2D eigenvalue weighted by molar-refractivity contribution is -0.141. The quantitative estimate of drug-likeness (QED) is 0.765. The molecule has 1 atom stereocenters. The lowest BCUT2D eigenvalue weighted by atomic mass is 9.88. The third-order valence-corrected chi connectivity index (χ3v) is 6.32. The van der Waals surface area contributed by atoms with Gasteiger partial charge < -0.3 is 14.5 Å². The Labute approximate surface area is 159 Å². The summed E-state index contributed by atoms with van der Waals surface area (Å²) in [4.78, 5) is 23.6. The smallest absolute Gasteiger partial charge is 0.231 e. The first-order valence-corrected chi connectivity index (χ1v) is 9.95. The predicted octanol–water partition coefficient (Wildman–Crippen LogP) is 3.93. The number of hydrogen-bond donors (Lipinski definition) is 1. The highest BCUT2D eigenvalue weighted by Gasteiger charge is 2.53. The van der Waals surface area contributed by atoms with Crippen molar-refractivity contribution in [1.82, 2.24) is 19.4 Å². The van der Waals surface area contributed by atoms with Gasteiger partial charge in [0.25, 0.3) is 0 Å². The SMILES string of the molecule is CC(C)[C@H]1c2[nH]c3ccccc3c2CCN1C(=O)C1(Cn2ccnc2)CC1. The molecule has 0 radical (unpaired) electrons. The number of carbonyl (C=O) groups excluding carboxylic acids is 1. The van der Waals surface area contributed by atoms with Crippen LogP contribution >= 0.6 is 0 Å². The molecule has 2 aliphatic rings. The second-order valence-electron chi connectivity index (χ2n) is 8.52. The van der Waals surface area contributed by atoms with Crippen LogP contribution in [0.5, 0.6) is 0 Å². The molecule has 1 amide bonds. The summed E-state index contributed by atoms with van der Waals surface area (Å²) in [6, 6.07) is 8.62. The highest BCUT2D eigenvalue weighted by atomic mass is 16.2. The maximum absolute atomic E-state index is 13.6. The van der Waals surface area contributed by atoms with Crippen LogP contribution in [0.2, 0.25) is 0 Å². The van der Waals surface area contributed by atoms with Crippen molar-refractivity contribution < 1.29 is 4.79 Å². The summed E-state index contributed by atoms with van der Waals surface area (Å²) in [5.74, 6) is 0.685. The van der Waals surface area contributed by atoms with Crippen molar-refractivity contribution in [1.29, 1.82) is 0 Å². The van der Waals surface area contributed by atoms with Gasteiger partial charge in [0.15, 0.2) is 0 Å². The van der Waals surface area contributed by atoms with Gasteiger partial charge in [-0.1, -0.05) is 32.0 Å². The summed E-state index contributed by atoms with van der Waals surface area (Å²) in [5.41, 5.74) is 3.58. The number of imidazole rings is 1. The van der Waals surface area contributed by atoms with Crippen LogP contribution < -0.4 is 0 Å². The molecule has 5 rings (SSSR count). The lowest BCUT2D eigenvalue weighted by Crippen LogP contribution is -2.46. The van der Waals surface area contributed by atoms with E-state index in [1.807, 2.05) is 17.1 Å². The van der Waals surface area contributed by atoms with E-state index in [1.54, 1.807) is 6.20 Å². The Morgan fingerprint density at radius 1 is 1.33 bits per heavy atom. The lowest BCUT2D eigenvalue weighted by Gasteiger charge is -2.40. The van der Waals surface area contributed by atoms with Gasteiger partial charge >= 0.3 is 0 Å². The van der Waals surface area contributed by atoms with E-state index in [-0.39, 0.29) is 11.5 Å². The Bertz CT molecular complexity index is 981. The van der Waals surface area contributed by atoms with Gasteiger partial charge in [0.1, 0.15) is 0 Å². The molecule has 1 saturated carbocycles. The van der Waals surface area contributed by atoms with Gasteiger partial charge in [-0.25, -0.2) is 4.98 Å². The van der Waals surface area contributed by atoms with E-state index < -0.39 is 0 Å². The minimum atomic E-state index is -0.239. The fourth-order valence-corrected chi connectivity index (χ4v) is 4.82. The maximum atomic E-state index is 13.6. The van der Waals surface area contributed by atoms with Crippen molar-refractivity contribution in [2.24, 2.45) is 11.3 Å². The minimum absolute atomic E-state index is 0.119. The highest BCUT2D eigenvalue weighted by Crippen LogP contribution is 2.51. The van der Waals surface area contributed by atoms with Crippen molar-refractivity contribution in [2.45, 2.75) is 45.7 Å². The van der Waals surface area contributed by atoms with Gasteiger partial charge in [0.05, 0.1) is 17.8 Å². The number of nitrogens with one attached hydrogen (secondary N) is 1. The summed E-state index contributed by atoms with van der Waals surface area (Å²) >= 11 is 0. The second-order valence-corrected chi connectivity index (χ2v) is 8.52. The molecule has 1 fully saturated rings. The van der Waals surface area contributed by atoms with Crippen LogP contribution in [0.4, 0.5) is 0 Å². The average Bonchev–Trinajstić information content (AvgIpc) is 3.10. The number of amides is 1. The molecule has 1 N–H and O–H groups in total. The van der Waals surface area contributed by atoms with Crippen molar-refractivity contribution in [3.63, 3.8) is 0 Å². The largest absolute Gasteiger partial charge is 0.356 e. The Kier molecular flexibility index (Phi) is 3.67. The maximum Gasteiger partial charge on any atom is 0.231 e. The van der Waals surface area contributed by atoms with Gasteiger partial charge in [-0.2, -0.15) is 0 Å². The molecule has 27 heavy (non-hydrogen) atoms. The normalized spacial score (nSPS) is 20.9. The highest BCUT2D eigenvalue weighted by molar-refractivity contribution is 5.88. The zero-order chi connectivity index (χ0) is 18.6. The molecule has 0 spiro atoms. The third kappa shape index (κ3) is 2.59. The fraction of sp³-hybridized carbons (Fsp3) is 0.455. The molecule has 1 aromatic carbocycles. The molecule has 140 valence electrons. The minimum Gasteiger partial charge on any atom is -0.356 e. The molecule has 3 heterocycles. The molecule has 0 saturated heterocycles. The molecule has 1 aliphatic heterocycles. The van der Waals surface area contributed by atoms with Gasteiger partial charge in [-0.15, -0.1) is 0 Å². The number of benzene rings is 1. The molecule has 2 aromatic heterocycles. The van der Waals surface area contributed by atoms with Crippen LogP contribution in [0.15, 0.2) is 43.0 Å². The second kappa shape index (κ2) is 5.98. The van der Waals surface area contributed by atoms with Crippen LogP contribution in [0.25, 0.3) is 10.9 Å². The van der Waals surface area contributed by atoms with E-state index >= 15 is 0 Å². The summed E-state index contributed by atoms with van der Waals surface area (Å²) < 4.78 is 2.05. The number of aromatic amines is 1. The number of nitrogens with zero attached hydrogens (tertiary/aromatic N) is 3. The first kappa shape index (κ1) is 16.6. The molecule has 5 nitrogen and oxygen atoms in total. The Balaban J connectivity index is 1.50. The Morgan fingerprint density at radius 2 is 2.15 bits per heavy atom. The number of H-pyrrole nitrogens is 1. The first-order chi connectivity index (χ1) is 13.1. The number of rotatable bonds is 4. The summed E-state index contributed by atoms with van der Waals surface area (Å²) in [6.07, 6.45) is 8.44. The molecule has 3 aromatic rings. The van der Waals surface area contributed by atoms with Crippen LogP contribution in [0.3, 0.4) is 0 Å². The van der Waals surface area contributed by atoms with Crippen LogP contribution in [0, 0.1) is 11.3 Å². The van der Waals surface area contributed by atoms with E-state index in [1.165, 1.54) is 22.2 Å². The average molecular weight is 362 g/mol. The van der Waals surface area contributed by atoms with Crippen molar-refractivity contribution in [2.75, 3.05) is 6.54 Å². The van der Waals surface area contributed by atoms with Crippen molar-refractivity contribution >= 4 is 16.8 Å². The number of para-hydroxylation sites is 1. The fourth-order valence-electron chi connectivity index (χ4n) is 4.82. The van der Waals surface area contributed by atoms with E-state index in [2.05, 4.69) is 53.0 Å². The monoisotopic (exact) mass is 362 g/mol. The first-order valence-electron chi connectivity index (χ1n) is 9.95. The number of aromatic nitrogens is 3. The Hall–Kier alpha value is -2.56. The van der Waals surface area contributed by atoms with Gasteiger partial charge in [0.2, 0.25) is 5.91 Å². The molecule has 0 bridgehead atoms. The standard InChI is InChI=1S/C22H26N4O/c1-15(2)20-19-17(16-5-3-4-6-18(16)24-19)7-11-26(20)21(27)22(8-9-22)13-25-12-10-23-14-25/h3-6,10,12,14-15,20,24H,7-9,11,13H2,1-2H3/t20-/m0/s1. The zero-order valence-corrected chi connectivity index (χ0v) is 16.0. The summed E-state index contributed by atoms with van der Waals surface area (Å²) in [7, 11) is 0. The molecular formula is C22H26N4O. The molecule has 0 unspecified atom stereocenters. The van der Waals surface area contributed by atoms with Crippen LogP contribution in [-0.4, -0.2) is 31.9 Å². The number of hydrogen-bond acceptors (Lipinski definition) is 2. The topological polar surface area (TPSA) is 53.9 Å². The molecule has 1 aliphatic carbocycles. The third-order valence-electron chi connectivity index (χ3n) is 6.32. The van der Waals surface area contributed by atoms with E-state index in [0.717, 1.165) is 32.4 Å². The van der Waals surface area contributed by atoms with Crippen molar-refractivity contribution in [3.8, 4) is 0 Å².